The van der Waals surface area contributed by atoms with Gasteiger partial charge in [0.2, 0.25) is 12.7 Å². The minimum Gasteiger partial charge on any atom is -0.454 e. The number of nitrogens with one attached hydrogen (secondary N) is 1. The van der Waals surface area contributed by atoms with Crippen LogP contribution in [0.5, 0.6) is 11.5 Å². The number of aliphatic hydroxyl groups is 3. The molecule has 0 spiro atoms. The summed E-state index contributed by atoms with van der Waals surface area (Å²) in [6, 6.07) is 2.37. The van der Waals surface area contributed by atoms with Crippen molar-refractivity contribution in [2.75, 3.05) is 27.1 Å². The molecule has 2 amide bonds. The minimum absolute atomic E-state index is 0.0651. The average Bonchev–Trinajstić information content (AvgIpc) is 3.27. The number of amides is 2. The second-order valence-electron chi connectivity index (χ2n) is 9.94. The van der Waals surface area contributed by atoms with Gasteiger partial charge in [0.15, 0.2) is 23.9 Å². The van der Waals surface area contributed by atoms with Crippen molar-refractivity contribution in [3.8, 4) is 11.5 Å². The van der Waals surface area contributed by atoms with Gasteiger partial charge in [0.1, 0.15) is 36.2 Å². The van der Waals surface area contributed by atoms with Gasteiger partial charge in [0.25, 0.3) is 5.91 Å². The van der Waals surface area contributed by atoms with Crippen LogP contribution in [-0.2, 0) is 35.1 Å². The topological polar surface area (TPSA) is 173 Å². The fourth-order valence-corrected chi connectivity index (χ4v) is 5.66. The molecule has 4 aliphatic heterocycles. The van der Waals surface area contributed by atoms with Crippen molar-refractivity contribution in [1.82, 2.24) is 10.2 Å². The van der Waals surface area contributed by atoms with Gasteiger partial charge in [-0.05, 0) is 29.7 Å². The normalized spacial score (nSPS) is 34.7. The summed E-state index contributed by atoms with van der Waals surface area (Å²) in [5.74, 6) is -0.909. The molecule has 38 heavy (non-hydrogen) atoms. The van der Waals surface area contributed by atoms with Crippen molar-refractivity contribution < 1.29 is 53.4 Å². The maximum atomic E-state index is 13.6. The maximum Gasteiger partial charge on any atom is 0.254 e. The Balaban J connectivity index is 1.45. The van der Waals surface area contributed by atoms with E-state index in [1.165, 1.54) is 18.9 Å². The number of methoxy groups -OCH3 is 1. The Bertz CT molecular complexity index is 1100. The van der Waals surface area contributed by atoms with Gasteiger partial charge in [0, 0.05) is 39.5 Å². The summed E-state index contributed by atoms with van der Waals surface area (Å²) in [6.45, 7) is 1.18. The molecule has 2 fully saturated rings. The van der Waals surface area contributed by atoms with E-state index >= 15 is 0 Å². The third-order valence-corrected chi connectivity index (χ3v) is 7.57. The largest absolute Gasteiger partial charge is 0.454 e. The van der Waals surface area contributed by atoms with Crippen LogP contribution in [0.2, 0.25) is 0 Å². The van der Waals surface area contributed by atoms with E-state index in [1.807, 2.05) is 0 Å². The second-order valence-corrected chi connectivity index (χ2v) is 9.94. The molecule has 13 heteroatoms. The highest BCUT2D eigenvalue weighted by Crippen LogP contribution is 2.41. The number of benzene rings is 1. The lowest BCUT2D eigenvalue weighted by Gasteiger charge is -2.44. The van der Waals surface area contributed by atoms with E-state index in [0.717, 1.165) is 11.1 Å². The van der Waals surface area contributed by atoms with Crippen molar-refractivity contribution in [1.29, 1.82) is 0 Å². The predicted molar refractivity (Wildman–Crippen MR) is 126 cm³/mol. The number of hydrogen-bond donors (Lipinski definition) is 4. The molecule has 4 heterocycles. The van der Waals surface area contributed by atoms with E-state index in [2.05, 4.69) is 5.32 Å². The number of hydrogen-bond acceptors (Lipinski definition) is 11. The third kappa shape index (κ3) is 4.85. The molecule has 4 N–H and O–H groups in total. The lowest BCUT2D eigenvalue weighted by atomic mass is 9.86. The van der Waals surface area contributed by atoms with Crippen LogP contribution in [-0.4, -0.2) is 108 Å². The molecular formula is C25H32N2O11. The standard InChI is InChI=1S/C25H32N2O11/c1-11(29)26-20-22(32)23(34-2)19(9-28)38-25(20)37-18-7-15(30)13-3-4-27(24(33)21(18)31)8-12-5-16-17(6-14(12)13)36-10-35-16/h5-6,13,18-23,25,28,31-32H,3-4,7-10H2,1-2H3,(H,26,29)/t13-,18+,19+,20+,21-,22+,23+,25+/m0/s1. The molecular weight excluding hydrogens is 504 g/mol. The molecule has 1 aromatic rings. The number of rotatable bonds is 5. The molecule has 208 valence electrons. The van der Waals surface area contributed by atoms with Crippen molar-refractivity contribution in [2.45, 2.75) is 75.1 Å². The molecule has 0 radical (unpaired) electrons. The van der Waals surface area contributed by atoms with Crippen molar-refractivity contribution in [3.05, 3.63) is 23.3 Å². The quantitative estimate of drug-likeness (QED) is 0.347. The van der Waals surface area contributed by atoms with Crippen LogP contribution in [0.4, 0.5) is 0 Å². The molecule has 0 unspecified atom stereocenters. The van der Waals surface area contributed by atoms with Crippen LogP contribution in [0.1, 0.15) is 36.8 Å². The lowest BCUT2D eigenvalue weighted by molar-refractivity contribution is -0.291. The summed E-state index contributed by atoms with van der Waals surface area (Å²) < 4.78 is 28.0. The van der Waals surface area contributed by atoms with E-state index in [1.54, 1.807) is 12.1 Å². The first kappa shape index (κ1) is 26.8. The van der Waals surface area contributed by atoms with Crippen LogP contribution in [0, 0.1) is 0 Å². The van der Waals surface area contributed by atoms with Crippen LogP contribution in [0.15, 0.2) is 12.1 Å². The third-order valence-electron chi connectivity index (χ3n) is 7.57. The van der Waals surface area contributed by atoms with E-state index in [4.69, 9.17) is 23.7 Å². The number of ketones is 1. The number of carbonyl (C=O) groups excluding carboxylic acids is 3. The highest BCUT2D eigenvalue weighted by molar-refractivity contribution is 5.90. The summed E-state index contributed by atoms with van der Waals surface area (Å²) in [6.07, 6.45) is -7.80. The number of fused-ring (bicyclic) bond motifs is 6. The zero-order valence-electron chi connectivity index (χ0n) is 21.1. The monoisotopic (exact) mass is 536 g/mol. The second kappa shape index (κ2) is 10.8. The molecule has 13 nitrogen and oxygen atoms in total. The average molecular weight is 537 g/mol. The zero-order chi connectivity index (χ0) is 27.1. The minimum atomic E-state index is -1.72. The molecule has 2 saturated heterocycles. The zero-order valence-corrected chi connectivity index (χ0v) is 21.1. The first-order valence-corrected chi connectivity index (χ1v) is 12.5. The Labute approximate surface area is 218 Å². The summed E-state index contributed by atoms with van der Waals surface area (Å²) in [7, 11) is 1.32. The molecule has 8 atom stereocenters. The summed E-state index contributed by atoms with van der Waals surface area (Å²) in [4.78, 5) is 40.4. The van der Waals surface area contributed by atoms with E-state index < -0.39 is 67.2 Å². The lowest BCUT2D eigenvalue weighted by Crippen LogP contribution is -2.66. The Morgan fingerprint density at radius 1 is 1.21 bits per heavy atom. The number of ether oxygens (including phenoxy) is 5. The molecule has 2 bridgehead atoms. The van der Waals surface area contributed by atoms with Crippen molar-refractivity contribution in [2.24, 2.45) is 0 Å². The van der Waals surface area contributed by atoms with Gasteiger partial charge < -0.3 is 49.2 Å². The van der Waals surface area contributed by atoms with Crippen LogP contribution in [0.25, 0.3) is 0 Å². The SMILES string of the molecule is CO[C@H]1[C@H](O)[C@@H](NC(C)=O)[C@H](O[C@@H]2CC(=O)[C@H]3CCN(Cc4cc5c(cc43)OCO5)C(=O)[C@H]2O)O[C@@H]1CO. The van der Waals surface area contributed by atoms with E-state index in [9.17, 15) is 29.7 Å². The Morgan fingerprint density at radius 3 is 2.63 bits per heavy atom. The summed E-state index contributed by atoms with van der Waals surface area (Å²) in [5, 5.41) is 34.3. The molecule has 0 saturated carbocycles. The number of nitrogens with zero attached hydrogens (tertiary/aromatic N) is 1. The van der Waals surface area contributed by atoms with Gasteiger partial charge in [-0.3, -0.25) is 14.4 Å². The highest BCUT2D eigenvalue weighted by atomic mass is 16.7. The Hall–Kier alpha value is -2.81. The molecule has 1 aromatic carbocycles. The smallest absolute Gasteiger partial charge is 0.254 e. The molecule has 5 rings (SSSR count). The van der Waals surface area contributed by atoms with Gasteiger partial charge in [-0.25, -0.2) is 0 Å². The van der Waals surface area contributed by atoms with E-state index in [-0.39, 0.29) is 32.1 Å². The summed E-state index contributed by atoms with van der Waals surface area (Å²) in [5.41, 5.74) is 1.47. The van der Waals surface area contributed by atoms with Crippen molar-refractivity contribution >= 4 is 17.6 Å². The first-order valence-electron chi connectivity index (χ1n) is 12.5. The number of Topliss-reactive ketones (excluding diaryl/α,β-unsaturated/α-hetero) is 1. The van der Waals surface area contributed by atoms with Gasteiger partial charge in [-0.2, -0.15) is 0 Å². The fourth-order valence-electron chi connectivity index (χ4n) is 5.66. The first-order chi connectivity index (χ1) is 18.2. The van der Waals surface area contributed by atoms with Crippen molar-refractivity contribution in [3.63, 3.8) is 0 Å². The van der Waals surface area contributed by atoms with Gasteiger partial charge >= 0.3 is 0 Å². The highest BCUT2D eigenvalue weighted by Gasteiger charge is 2.49. The fraction of sp³-hybridized carbons (Fsp3) is 0.640. The van der Waals surface area contributed by atoms with Crippen LogP contribution < -0.4 is 14.8 Å². The molecule has 0 aromatic heterocycles. The Kier molecular flexibility index (Phi) is 7.58. The van der Waals surface area contributed by atoms with E-state index in [0.29, 0.717) is 17.9 Å². The summed E-state index contributed by atoms with van der Waals surface area (Å²) >= 11 is 0. The Morgan fingerprint density at radius 2 is 1.95 bits per heavy atom. The number of aliphatic hydroxyl groups excluding tert-OH is 3. The molecule has 4 aliphatic rings. The van der Waals surface area contributed by atoms with Crippen LogP contribution in [0.3, 0.4) is 0 Å². The maximum absolute atomic E-state index is 13.6. The predicted octanol–water partition coefficient (Wildman–Crippen LogP) is -1.45. The van der Waals surface area contributed by atoms with Gasteiger partial charge in [-0.15, -0.1) is 0 Å². The number of carbonyl (C=O) groups is 3. The van der Waals surface area contributed by atoms with Gasteiger partial charge in [0.05, 0.1) is 6.61 Å². The molecule has 0 aliphatic carbocycles. The van der Waals surface area contributed by atoms with Crippen LogP contribution >= 0.6 is 0 Å². The van der Waals surface area contributed by atoms with Gasteiger partial charge in [-0.1, -0.05) is 0 Å².